The molecule has 0 heterocycles. The van der Waals surface area contributed by atoms with Gasteiger partial charge in [-0.3, -0.25) is 4.90 Å². The summed E-state index contributed by atoms with van der Waals surface area (Å²) in [6.45, 7) is 5.77. The second-order valence-corrected chi connectivity index (χ2v) is 5.65. The summed E-state index contributed by atoms with van der Waals surface area (Å²) in [4.78, 5) is 2.52. The van der Waals surface area contributed by atoms with E-state index >= 15 is 0 Å². The highest BCUT2D eigenvalue weighted by atomic mass is 16.5. The second kappa shape index (κ2) is 8.25. The standard InChI is InChI=1S/C17H28N2O2/c1-3-19(17-6-4-5-14(17)13-18)11-12-21-16-9-7-15(20-2)8-10-16/h7-10,14,17H,3-6,11-13,18H2,1-2H3. The highest BCUT2D eigenvalue weighted by Crippen LogP contribution is 2.29. The van der Waals surface area contributed by atoms with Crippen LogP contribution in [0.2, 0.25) is 0 Å². The summed E-state index contributed by atoms with van der Waals surface area (Å²) >= 11 is 0. The molecule has 0 radical (unpaired) electrons. The second-order valence-electron chi connectivity index (χ2n) is 5.65. The zero-order valence-corrected chi connectivity index (χ0v) is 13.3. The Balaban J connectivity index is 1.80. The highest BCUT2D eigenvalue weighted by Gasteiger charge is 2.30. The van der Waals surface area contributed by atoms with Gasteiger partial charge in [0.1, 0.15) is 18.1 Å². The fourth-order valence-corrected chi connectivity index (χ4v) is 3.28. The normalized spacial score (nSPS) is 21.7. The van der Waals surface area contributed by atoms with Crippen LogP contribution in [-0.2, 0) is 0 Å². The lowest BCUT2D eigenvalue weighted by molar-refractivity contribution is 0.141. The number of nitrogens with two attached hydrogens (primary N) is 1. The number of methoxy groups -OCH3 is 1. The van der Waals surface area contributed by atoms with Crippen LogP contribution in [0.25, 0.3) is 0 Å². The van der Waals surface area contributed by atoms with Gasteiger partial charge >= 0.3 is 0 Å². The van der Waals surface area contributed by atoms with E-state index in [4.69, 9.17) is 15.2 Å². The number of rotatable bonds is 8. The van der Waals surface area contributed by atoms with Gasteiger partial charge in [-0.2, -0.15) is 0 Å². The number of benzene rings is 1. The first-order valence-corrected chi connectivity index (χ1v) is 7.99. The van der Waals surface area contributed by atoms with Crippen molar-refractivity contribution in [3.63, 3.8) is 0 Å². The van der Waals surface area contributed by atoms with E-state index in [1.165, 1.54) is 19.3 Å². The maximum Gasteiger partial charge on any atom is 0.119 e. The molecule has 4 heteroatoms. The van der Waals surface area contributed by atoms with Crippen LogP contribution in [0.3, 0.4) is 0 Å². The molecule has 1 fully saturated rings. The third-order valence-electron chi connectivity index (χ3n) is 4.50. The molecule has 118 valence electrons. The highest BCUT2D eigenvalue weighted by molar-refractivity contribution is 5.31. The van der Waals surface area contributed by atoms with Crippen LogP contribution in [0.4, 0.5) is 0 Å². The van der Waals surface area contributed by atoms with E-state index in [1.807, 2.05) is 24.3 Å². The van der Waals surface area contributed by atoms with Crippen molar-refractivity contribution in [2.75, 3.05) is 33.4 Å². The molecule has 2 N–H and O–H groups in total. The number of hydrogen-bond acceptors (Lipinski definition) is 4. The molecule has 1 aliphatic rings. The summed E-state index contributed by atoms with van der Waals surface area (Å²) in [6, 6.07) is 8.39. The van der Waals surface area contributed by atoms with Gasteiger partial charge in [-0.25, -0.2) is 0 Å². The number of hydrogen-bond donors (Lipinski definition) is 1. The largest absolute Gasteiger partial charge is 0.497 e. The first-order valence-electron chi connectivity index (χ1n) is 7.99. The van der Waals surface area contributed by atoms with Gasteiger partial charge in [0.25, 0.3) is 0 Å². The molecular formula is C17H28N2O2. The van der Waals surface area contributed by atoms with E-state index < -0.39 is 0 Å². The summed E-state index contributed by atoms with van der Waals surface area (Å²) in [5.74, 6) is 2.41. The van der Waals surface area contributed by atoms with Gasteiger partial charge in [0.15, 0.2) is 0 Å². The number of ether oxygens (including phenoxy) is 2. The summed E-state index contributed by atoms with van der Waals surface area (Å²) < 4.78 is 11.0. The Hall–Kier alpha value is -1.26. The van der Waals surface area contributed by atoms with E-state index in [0.717, 1.165) is 31.1 Å². The fourth-order valence-electron chi connectivity index (χ4n) is 3.28. The van der Waals surface area contributed by atoms with E-state index in [0.29, 0.717) is 18.6 Å². The van der Waals surface area contributed by atoms with Gasteiger partial charge in [-0.05, 0) is 56.1 Å². The van der Waals surface area contributed by atoms with Crippen LogP contribution in [0.5, 0.6) is 11.5 Å². The van der Waals surface area contributed by atoms with Crippen molar-refractivity contribution >= 4 is 0 Å². The zero-order chi connectivity index (χ0) is 15.1. The molecule has 1 aliphatic carbocycles. The molecule has 0 bridgehead atoms. The summed E-state index contributed by atoms with van der Waals surface area (Å²) in [5, 5.41) is 0. The van der Waals surface area contributed by atoms with Crippen LogP contribution in [0.15, 0.2) is 24.3 Å². The molecule has 1 saturated carbocycles. The van der Waals surface area contributed by atoms with Crippen LogP contribution in [-0.4, -0.2) is 44.3 Å². The predicted octanol–water partition coefficient (Wildman–Crippen LogP) is 2.52. The Kier molecular flexibility index (Phi) is 6.33. The maximum atomic E-state index is 5.89. The lowest BCUT2D eigenvalue weighted by atomic mass is 10.0. The number of likely N-dealkylation sites (N-methyl/N-ethyl adjacent to an activating group) is 1. The summed E-state index contributed by atoms with van der Waals surface area (Å²) in [6.07, 6.45) is 3.86. The molecule has 1 aromatic carbocycles. The average Bonchev–Trinajstić information content (AvgIpc) is 3.00. The van der Waals surface area contributed by atoms with Crippen LogP contribution < -0.4 is 15.2 Å². The van der Waals surface area contributed by atoms with Gasteiger partial charge in [-0.15, -0.1) is 0 Å². The summed E-state index contributed by atoms with van der Waals surface area (Å²) in [5.41, 5.74) is 5.89. The molecule has 2 atom stereocenters. The van der Waals surface area contributed by atoms with Gasteiger partial charge in [0.05, 0.1) is 7.11 Å². The minimum Gasteiger partial charge on any atom is -0.497 e. The minimum atomic E-state index is 0.638. The van der Waals surface area contributed by atoms with E-state index in [-0.39, 0.29) is 0 Å². The van der Waals surface area contributed by atoms with Gasteiger partial charge in [0, 0.05) is 12.6 Å². The Morgan fingerprint density at radius 3 is 2.52 bits per heavy atom. The van der Waals surface area contributed by atoms with Crippen molar-refractivity contribution in [2.24, 2.45) is 11.7 Å². The molecule has 0 saturated heterocycles. The van der Waals surface area contributed by atoms with Crippen molar-refractivity contribution in [1.82, 2.24) is 4.90 Å². The van der Waals surface area contributed by atoms with Gasteiger partial charge in [-0.1, -0.05) is 13.3 Å². The van der Waals surface area contributed by atoms with Crippen molar-refractivity contribution in [3.8, 4) is 11.5 Å². The maximum absolute atomic E-state index is 5.89. The van der Waals surface area contributed by atoms with E-state index in [9.17, 15) is 0 Å². The molecule has 2 unspecified atom stereocenters. The monoisotopic (exact) mass is 292 g/mol. The molecule has 0 amide bonds. The Labute approximate surface area is 128 Å². The van der Waals surface area contributed by atoms with Crippen molar-refractivity contribution in [1.29, 1.82) is 0 Å². The summed E-state index contributed by atoms with van der Waals surface area (Å²) in [7, 11) is 1.67. The molecular weight excluding hydrogens is 264 g/mol. The van der Waals surface area contributed by atoms with Crippen molar-refractivity contribution in [3.05, 3.63) is 24.3 Å². The topological polar surface area (TPSA) is 47.7 Å². The molecule has 0 aromatic heterocycles. The van der Waals surface area contributed by atoms with Crippen molar-refractivity contribution in [2.45, 2.75) is 32.2 Å². The average molecular weight is 292 g/mol. The SMILES string of the molecule is CCN(CCOc1ccc(OC)cc1)C1CCCC1CN. The third-order valence-corrected chi connectivity index (χ3v) is 4.50. The van der Waals surface area contributed by atoms with Gasteiger partial charge in [0.2, 0.25) is 0 Å². The third kappa shape index (κ3) is 4.35. The molecule has 21 heavy (non-hydrogen) atoms. The number of nitrogens with zero attached hydrogens (tertiary/aromatic N) is 1. The van der Waals surface area contributed by atoms with Crippen molar-refractivity contribution < 1.29 is 9.47 Å². The minimum absolute atomic E-state index is 0.638. The quantitative estimate of drug-likeness (QED) is 0.800. The smallest absolute Gasteiger partial charge is 0.119 e. The van der Waals surface area contributed by atoms with E-state index in [2.05, 4.69) is 11.8 Å². The lowest BCUT2D eigenvalue weighted by Gasteiger charge is -2.31. The molecule has 0 aliphatic heterocycles. The Morgan fingerprint density at radius 2 is 1.90 bits per heavy atom. The Morgan fingerprint density at radius 1 is 1.19 bits per heavy atom. The Bertz CT molecular complexity index is 408. The first-order chi connectivity index (χ1) is 10.3. The van der Waals surface area contributed by atoms with Crippen LogP contribution >= 0.6 is 0 Å². The van der Waals surface area contributed by atoms with E-state index in [1.54, 1.807) is 7.11 Å². The predicted molar refractivity (Wildman–Crippen MR) is 85.9 cm³/mol. The lowest BCUT2D eigenvalue weighted by Crippen LogP contribution is -2.42. The first kappa shape index (κ1) is 16.1. The fraction of sp³-hybridized carbons (Fsp3) is 0.647. The molecule has 4 nitrogen and oxygen atoms in total. The van der Waals surface area contributed by atoms with Gasteiger partial charge < -0.3 is 15.2 Å². The van der Waals surface area contributed by atoms with Crippen LogP contribution in [0, 0.1) is 5.92 Å². The zero-order valence-electron chi connectivity index (χ0n) is 13.3. The molecule has 1 aromatic rings. The van der Waals surface area contributed by atoms with Crippen LogP contribution in [0.1, 0.15) is 26.2 Å². The molecule has 2 rings (SSSR count). The molecule has 0 spiro atoms.